The number of carbonyl (C=O) groups excluding carboxylic acids is 2. The van der Waals surface area contributed by atoms with Gasteiger partial charge in [0.2, 0.25) is 5.91 Å². The van der Waals surface area contributed by atoms with Crippen LogP contribution >= 0.6 is 11.3 Å². The number of anilines is 1. The Morgan fingerprint density at radius 2 is 2.00 bits per heavy atom. The van der Waals surface area contributed by atoms with Gasteiger partial charge >= 0.3 is 0 Å². The van der Waals surface area contributed by atoms with Gasteiger partial charge in [-0.2, -0.15) is 4.99 Å². The van der Waals surface area contributed by atoms with Gasteiger partial charge in [-0.15, -0.1) is 6.58 Å². The summed E-state index contributed by atoms with van der Waals surface area (Å²) in [4.78, 5) is 31.4. The molecular formula is C25H27N3O5S2. The van der Waals surface area contributed by atoms with Gasteiger partial charge in [-0.25, -0.2) is 8.42 Å². The van der Waals surface area contributed by atoms with Crippen molar-refractivity contribution in [2.75, 3.05) is 29.6 Å². The summed E-state index contributed by atoms with van der Waals surface area (Å²) in [6, 6.07) is 13.0. The number of fused-ring (bicyclic) bond motifs is 2. The number of aryl methyl sites for hydroxylation is 1. The second kappa shape index (κ2) is 10.6. The van der Waals surface area contributed by atoms with Crippen molar-refractivity contribution < 1.29 is 22.7 Å². The first-order valence-electron chi connectivity index (χ1n) is 11.3. The topological polar surface area (TPSA) is 98.0 Å². The molecule has 0 radical (unpaired) electrons. The van der Waals surface area contributed by atoms with E-state index in [1.807, 2.05) is 49.4 Å². The number of allylic oxidation sites excluding steroid dienone is 1. The highest BCUT2D eigenvalue weighted by Crippen LogP contribution is 2.27. The Bertz CT molecular complexity index is 1450. The Labute approximate surface area is 208 Å². The standard InChI is InChI=1S/C25H27N3O5S2/c1-3-13-28-21-12-11-19(33-4-2)15-22(21)34-25(28)26-23(29)16-35(31,32)17-24(30)27-14-7-9-18-8-5-6-10-20(18)27/h3,5-6,8,10-12,15H,1,4,7,9,13-14,16-17H2,2H3. The molecule has 1 aromatic heterocycles. The van der Waals surface area contributed by atoms with Gasteiger partial charge in [-0.1, -0.05) is 35.6 Å². The molecule has 184 valence electrons. The average molecular weight is 514 g/mol. The van der Waals surface area contributed by atoms with Crippen molar-refractivity contribution in [3.8, 4) is 5.75 Å². The number of amides is 2. The van der Waals surface area contributed by atoms with Gasteiger partial charge in [-0.05, 0) is 49.6 Å². The minimum atomic E-state index is -4.00. The molecule has 0 saturated heterocycles. The van der Waals surface area contributed by atoms with Crippen LogP contribution in [0.5, 0.6) is 5.75 Å². The van der Waals surface area contributed by atoms with Crippen LogP contribution in [0, 0.1) is 0 Å². The van der Waals surface area contributed by atoms with Gasteiger partial charge in [0, 0.05) is 18.8 Å². The highest BCUT2D eigenvalue weighted by molar-refractivity contribution is 7.92. The van der Waals surface area contributed by atoms with Gasteiger partial charge in [0.15, 0.2) is 14.6 Å². The van der Waals surface area contributed by atoms with E-state index in [1.165, 1.54) is 16.2 Å². The number of nitrogens with zero attached hydrogens (tertiary/aromatic N) is 3. The number of benzene rings is 2. The second-order valence-corrected chi connectivity index (χ2v) is 11.2. The maximum absolute atomic E-state index is 12.8. The summed E-state index contributed by atoms with van der Waals surface area (Å²) in [6.07, 6.45) is 3.28. The van der Waals surface area contributed by atoms with Crippen molar-refractivity contribution in [2.24, 2.45) is 4.99 Å². The van der Waals surface area contributed by atoms with E-state index in [4.69, 9.17) is 4.74 Å². The Morgan fingerprint density at radius 3 is 2.77 bits per heavy atom. The van der Waals surface area contributed by atoms with E-state index in [-0.39, 0.29) is 0 Å². The van der Waals surface area contributed by atoms with Crippen molar-refractivity contribution in [1.82, 2.24) is 4.57 Å². The van der Waals surface area contributed by atoms with Crippen LogP contribution in [-0.4, -0.2) is 49.5 Å². The molecule has 3 aromatic rings. The highest BCUT2D eigenvalue weighted by atomic mass is 32.2. The fourth-order valence-electron chi connectivity index (χ4n) is 4.14. The minimum Gasteiger partial charge on any atom is -0.494 e. The van der Waals surface area contributed by atoms with Crippen LogP contribution in [0.15, 0.2) is 60.1 Å². The largest absolute Gasteiger partial charge is 0.494 e. The van der Waals surface area contributed by atoms with Crippen LogP contribution in [0.2, 0.25) is 0 Å². The first kappa shape index (κ1) is 24.9. The molecule has 0 N–H and O–H groups in total. The number of hydrogen-bond acceptors (Lipinski definition) is 6. The number of hydrogen-bond donors (Lipinski definition) is 0. The molecule has 10 heteroatoms. The molecule has 35 heavy (non-hydrogen) atoms. The van der Waals surface area contributed by atoms with Crippen LogP contribution in [0.25, 0.3) is 10.2 Å². The monoisotopic (exact) mass is 513 g/mol. The summed E-state index contributed by atoms with van der Waals surface area (Å²) in [6.45, 7) is 7.03. The van der Waals surface area contributed by atoms with Crippen molar-refractivity contribution in [3.63, 3.8) is 0 Å². The fourth-order valence-corrected chi connectivity index (χ4v) is 6.30. The van der Waals surface area contributed by atoms with Crippen molar-refractivity contribution in [3.05, 3.63) is 65.5 Å². The molecule has 0 spiro atoms. The first-order chi connectivity index (χ1) is 16.8. The molecule has 0 bridgehead atoms. The van der Waals surface area contributed by atoms with Crippen molar-refractivity contribution in [1.29, 1.82) is 0 Å². The SMILES string of the molecule is C=CCn1c(=NC(=O)CS(=O)(=O)CC(=O)N2CCCc3ccccc32)sc2cc(OCC)ccc21. The summed E-state index contributed by atoms with van der Waals surface area (Å²) in [5.74, 6) is -2.21. The van der Waals surface area contributed by atoms with Gasteiger partial charge < -0.3 is 14.2 Å². The lowest BCUT2D eigenvalue weighted by Gasteiger charge is -2.29. The third-order valence-electron chi connectivity index (χ3n) is 5.60. The van der Waals surface area contributed by atoms with E-state index in [2.05, 4.69) is 11.6 Å². The Hall–Kier alpha value is -3.24. The third kappa shape index (κ3) is 5.71. The summed E-state index contributed by atoms with van der Waals surface area (Å²) in [7, 11) is -4.00. The van der Waals surface area contributed by atoms with Crippen molar-refractivity contribution >= 4 is 48.9 Å². The number of aromatic nitrogens is 1. The van der Waals surface area contributed by atoms with Crippen LogP contribution in [0.3, 0.4) is 0 Å². The number of ether oxygens (including phenoxy) is 1. The number of para-hydroxylation sites is 1. The van der Waals surface area contributed by atoms with E-state index in [0.717, 1.165) is 34.3 Å². The predicted molar refractivity (Wildman–Crippen MR) is 138 cm³/mol. The molecule has 0 fully saturated rings. The number of rotatable bonds is 8. The molecule has 0 saturated carbocycles. The van der Waals surface area contributed by atoms with Gasteiger partial charge in [0.1, 0.15) is 17.3 Å². The molecule has 4 rings (SSSR count). The Kier molecular flexibility index (Phi) is 7.51. The molecule has 0 atom stereocenters. The van der Waals surface area contributed by atoms with Crippen molar-refractivity contribution in [2.45, 2.75) is 26.3 Å². The maximum Gasteiger partial charge on any atom is 0.263 e. The third-order valence-corrected chi connectivity index (χ3v) is 8.01. The fraction of sp³-hybridized carbons (Fsp3) is 0.320. The predicted octanol–water partition coefficient (Wildman–Crippen LogP) is 3.11. The van der Waals surface area contributed by atoms with Crippen LogP contribution in [-0.2, 0) is 32.4 Å². The Morgan fingerprint density at radius 1 is 1.20 bits per heavy atom. The maximum atomic E-state index is 12.8. The molecule has 8 nitrogen and oxygen atoms in total. The van der Waals surface area contributed by atoms with Crippen LogP contribution < -0.4 is 14.4 Å². The lowest BCUT2D eigenvalue weighted by atomic mass is 10.0. The molecule has 0 aliphatic carbocycles. The van der Waals surface area contributed by atoms with E-state index in [9.17, 15) is 18.0 Å². The number of carbonyl (C=O) groups is 2. The summed E-state index contributed by atoms with van der Waals surface area (Å²) in [5.41, 5.74) is 2.59. The van der Waals surface area contributed by atoms with Gasteiger partial charge in [0.25, 0.3) is 5.91 Å². The molecule has 1 aliphatic heterocycles. The van der Waals surface area contributed by atoms with E-state index < -0.39 is 33.2 Å². The molecule has 2 heterocycles. The van der Waals surface area contributed by atoms with Crippen LogP contribution in [0.4, 0.5) is 5.69 Å². The summed E-state index contributed by atoms with van der Waals surface area (Å²) in [5, 5.41) is 0. The number of thiazole rings is 1. The lowest BCUT2D eigenvalue weighted by Crippen LogP contribution is -2.40. The van der Waals surface area contributed by atoms with Crippen LogP contribution in [0.1, 0.15) is 18.9 Å². The van der Waals surface area contributed by atoms with E-state index >= 15 is 0 Å². The summed E-state index contributed by atoms with van der Waals surface area (Å²) < 4.78 is 33.7. The molecular weight excluding hydrogens is 486 g/mol. The zero-order valence-corrected chi connectivity index (χ0v) is 21.1. The van der Waals surface area contributed by atoms with E-state index in [1.54, 1.807) is 10.6 Å². The second-order valence-electron chi connectivity index (χ2n) is 8.16. The smallest absolute Gasteiger partial charge is 0.263 e. The molecule has 2 aromatic carbocycles. The minimum absolute atomic E-state index is 0.366. The normalized spacial score (nSPS) is 14.1. The first-order valence-corrected chi connectivity index (χ1v) is 14.0. The zero-order valence-electron chi connectivity index (χ0n) is 19.5. The Balaban J connectivity index is 1.54. The van der Waals surface area contributed by atoms with Gasteiger partial charge in [-0.3, -0.25) is 9.59 Å². The molecule has 1 aliphatic rings. The average Bonchev–Trinajstić information content (AvgIpc) is 3.14. The lowest BCUT2D eigenvalue weighted by molar-refractivity contribution is -0.116. The molecule has 0 unspecified atom stereocenters. The van der Waals surface area contributed by atoms with Gasteiger partial charge in [0.05, 0.1) is 16.8 Å². The number of sulfone groups is 1. The highest BCUT2D eigenvalue weighted by Gasteiger charge is 2.28. The molecule has 2 amide bonds. The summed E-state index contributed by atoms with van der Waals surface area (Å²) >= 11 is 1.26. The quantitative estimate of drug-likeness (QED) is 0.431. The van der Waals surface area contributed by atoms with E-state index in [0.29, 0.717) is 30.2 Å². The zero-order chi connectivity index (χ0) is 25.0.